The van der Waals surface area contributed by atoms with E-state index in [4.69, 9.17) is 9.52 Å². The molecule has 0 spiro atoms. The lowest BCUT2D eigenvalue weighted by Crippen LogP contribution is -2.42. The average Bonchev–Trinajstić information content (AvgIpc) is 3.21. The minimum absolute atomic E-state index is 0.0495. The van der Waals surface area contributed by atoms with Crippen molar-refractivity contribution in [3.63, 3.8) is 0 Å². The largest absolute Gasteiger partial charge is 0.465 e. The van der Waals surface area contributed by atoms with Crippen molar-refractivity contribution in [2.45, 2.75) is 24.9 Å². The minimum atomic E-state index is -4.66. The van der Waals surface area contributed by atoms with Gasteiger partial charge in [-0.25, -0.2) is 13.6 Å². The predicted molar refractivity (Wildman–Crippen MR) is 113 cm³/mol. The van der Waals surface area contributed by atoms with E-state index >= 15 is 0 Å². The van der Waals surface area contributed by atoms with Crippen LogP contribution in [0.4, 0.5) is 32.6 Å². The number of furan rings is 1. The van der Waals surface area contributed by atoms with Crippen LogP contribution in [0.2, 0.25) is 0 Å². The topological polar surface area (TPSA) is 74.0 Å². The molecule has 6 nitrogen and oxygen atoms in total. The average molecular weight is 482 g/mol. The third-order valence-electron chi connectivity index (χ3n) is 5.77. The fraction of sp³-hybridized carbons (Fsp3) is 0.304. The van der Waals surface area contributed by atoms with E-state index < -0.39 is 42.5 Å². The van der Waals surface area contributed by atoms with Crippen molar-refractivity contribution in [3.8, 4) is 11.1 Å². The van der Waals surface area contributed by atoms with Gasteiger partial charge in [0.2, 0.25) is 5.88 Å². The van der Waals surface area contributed by atoms with Crippen LogP contribution in [-0.4, -0.2) is 48.1 Å². The minimum Gasteiger partial charge on any atom is -0.465 e. The van der Waals surface area contributed by atoms with Crippen LogP contribution in [0.15, 0.2) is 46.9 Å². The van der Waals surface area contributed by atoms with Gasteiger partial charge in [-0.05, 0) is 29.8 Å². The van der Waals surface area contributed by atoms with Gasteiger partial charge in [-0.15, -0.1) is 0 Å². The molecule has 0 aliphatic carbocycles. The summed E-state index contributed by atoms with van der Waals surface area (Å²) >= 11 is 0. The summed E-state index contributed by atoms with van der Waals surface area (Å²) in [6.07, 6.45) is -6.87. The van der Waals surface area contributed by atoms with Crippen LogP contribution in [0, 0.1) is 0 Å². The number of alkyl halides is 5. The van der Waals surface area contributed by atoms with Crippen molar-refractivity contribution in [2.24, 2.45) is 0 Å². The van der Waals surface area contributed by atoms with Crippen LogP contribution in [0.5, 0.6) is 0 Å². The molecule has 0 bridgehead atoms. The lowest BCUT2D eigenvalue weighted by atomic mass is 9.98. The molecule has 0 unspecified atom stereocenters. The van der Waals surface area contributed by atoms with Gasteiger partial charge in [0.25, 0.3) is 11.8 Å². The highest BCUT2D eigenvalue weighted by molar-refractivity contribution is 5.98. The van der Waals surface area contributed by atoms with Crippen molar-refractivity contribution < 1.29 is 41.1 Å². The van der Waals surface area contributed by atoms with Gasteiger partial charge in [-0.2, -0.15) is 13.2 Å². The van der Waals surface area contributed by atoms with Gasteiger partial charge >= 0.3 is 12.3 Å². The van der Waals surface area contributed by atoms with E-state index in [0.717, 1.165) is 17.0 Å². The molecule has 4 rings (SSSR count). The van der Waals surface area contributed by atoms with Crippen molar-refractivity contribution >= 4 is 28.9 Å². The van der Waals surface area contributed by atoms with Crippen LogP contribution in [0.1, 0.15) is 28.8 Å². The summed E-state index contributed by atoms with van der Waals surface area (Å²) in [6.45, 7) is -0.178. The smallest absolute Gasteiger partial charge is 0.416 e. The van der Waals surface area contributed by atoms with Gasteiger partial charge in [0, 0.05) is 55.6 Å². The molecule has 1 aliphatic rings. The second kappa shape index (κ2) is 8.30. The summed E-state index contributed by atoms with van der Waals surface area (Å²) < 4.78 is 72.8. The van der Waals surface area contributed by atoms with Crippen LogP contribution < -0.4 is 4.90 Å². The number of hydrogen-bond donors (Lipinski definition) is 1. The molecule has 34 heavy (non-hydrogen) atoms. The second-order valence-corrected chi connectivity index (χ2v) is 8.09. The SMILES string of the molecule is CN(C(=O)O)c1cc2cc(C(F)(F)F)cc(-c3ccc(C(=O)N4CCC(F)(F)CC4)cc3)c2o1. The number of benzene rings is 2. The first-order valence-electron chi connectivity index (χ1n) is 10.2. The van der Waals surface area contributed by atoms with Crippen molar-refractivity contribution in [1.82, 2.24) is 4.90 Å². The second-order valence-electron chi connectivity index (χ2n) is 8.09. The van der Waals surface area contributed by atoms with E-state index in [0.29, 0.717) is 5.56 Å². The lowest BCUT2D eigenvalue weighted by Gasteiger charge is -2.31. The number of rotatable bonds is 3. The number of anilines is 1. The molecule has 1 saturated heterocycles. The molecule has 1 fully saturated rings. The number of carbonyl (C=O) groups is 2. The fourth-order valence-corrected chi connectivity index (χ4v) is 3.79. The summed E-state index contributed by atoms with van der Waals surface area (Å²) in [4.78, 5) is 25.9. The van der Waals surface area contributed by atoms with Gasteiger partial charge in [-0.3, -0.25) is 9.69 Å². The first-order valence-corrected chi connectivity index (χ1v) is 10.2. The normalized spacial score (nSPS) is 16.0. The highest BCUT2D eigenvalue weighted by Crippen LogP contribution is 2.40. The summed E-state index contributed by atoms with van der Waals surface area (Å²) in [5.41, 5.74) is -0.325. The Labute approximate surface area is 190 Å². The number of amides is 2. The van der Waals surface area contributed by atoms with Crippen molar-refractivity contribution in [1.29, 1.82) is 0 Å². The van der Waals surface area contributed by atoms with Crippen molar-refractivity contribution in [3.05, 3.63) is 53.6 Å². The molecule has 0 saturated carbocycles. The first-order chi connectivity index (χ1) is 15.9. The van der Waals surface area contributed by atoms with Gasteiger partial charge < -0.3 is 14.4 Å². The molecule has 0 radical (unpaired) electrons. The zero-order valence-electron chi connectivity index (χ0n) is 17.8. The lowest BCUT2D eigenvalue weighted by molar-refractivity contribution is -0.137. The number of hydrogen-bond acceptors (Lipinski definition) is 3. The Bertz CT molecular complexity index is 1240. The first kappa shape index (κ1) is 23.5. The Kier molecular flexibility index (Phi) is 5.74. The number of likely N-dealkylation sites (tertiary alicyclic amines) is 1. The third kappa shape index (κ3) is 4.55. The molecule has 1 aromatic heterocycles. The third-order valence-corrected chi connectivity index (χ3v) is 5.77. The van der Waals surface area contributed by atoms with E-state index in [-0.39, 0.29) is 41.1 Å². The number of piperidine rings is 1. The summed E-state index contributed by atoms with van der Waals surface area (Å²) in [5, 5.41) is 9.22. The Morgan fingerprint density at radius 3 is 2.24 bits per heavy atom. The number of nitrogens with zero attached hydrogens (tertiary/aromatic N) is 2. The molecule has 1 N–H and O–H groups in total. The van der Waals surface area contributed by atoms with Gasteiger partial charge in [0.05, 0.1) is 5.56 Å². The molecule has 11 heteroatoms. The zero-order chi connectivity index (χ0) is 24.8. The number of carbonyl (C=O) groups excluding carboxylic acids is 1. The summed E-state index contributed by atoms with van der Waals surface area (Å²) in [5.74, 6) is -3.40. The van der Waals surface area contributed by atoms with Gasteiger partial charge in [0.15, 0.2) is 0 Å². The molecular weight excluding hydrogens is 463 g/mol. The van der Waals surface area contributed by atoms with E-state index in [1.807, 2.05) is 0 Å². The molecule has 3 aromatic rings. The predicted octanol–water partition coefficient (Wildman–Crippen LogP) is 6.10. The van der Waals surface area contributed by atoms with E-state index in [1.165, 1.54) is 42.3 Å². The maximum absolute atomic E-state index is 13.5. The van der Waals surface area contributed by atoms with Crippen LogP contribution in [0.3, 0.4) is 0 Å². The molecule has 2 amide bonds. The monoisotopic (exact) mass is 482 g/mol. The zero-order valence-corrected chi connectivity index (χ0v) is 17.8. The fourth-order valence-electron chi connectivity index (χ4n) is 3.79. The number of carboxylic acid groups (broad SMARTS) is 1. The maximum Gasteiger partial charge on any atom is 0.416 e. The number of fused-ring (bicyclic) bond motifs is 1. The van der Waals surface area contributed by atoms with Crippen LogP contribution >= 0.6 is 0 Å². The summed E-state index contributed by atoms with van der Waals surface area (Å²) in [6, 6.07) is 8.64. The van der Waals surface area contributed by atoms with Crippen LogP contribution in [-0.2, 0) is 6.18 Å². The Hall–Kier alpha value is -3.63. The van der Waals surface area contributed by atoms with Crippen LogP contribution in [0.25, 0.3) is 22.1 Å². The Morgan fingerprint density at radius 1 is 1.06 bits per heavy atom. The molecular formula is C23H19F5N2O4. The number of halogens is 5. The molecule has 1 aliphatic heterocycles. The molecule has 2 heterocycles. The van der Waals surface area contributed by atoms with E-state index in [2.05, 4.69) is 0 Å². The highest BCUT2D eigenvalue weighted by atomic mass is 19.4. The summed E-state index contributed by atoms with van der Waals surface area (Å²) in [7, 11) is 1.20. The molecule has 180 valence electrons. The van der Waals surface area contributed by atoms with E-state index in [9.17, 15) is 31.5 Å². The quantitative estimate of drug-likeness (QED) is 0.458. The van der Waals surface area contributed by atoms with Crippen molar-refractivity contribution in [2.75, 3.05) is 25.0 Å². The highest BCUT2D eigenvalue weighted by Gasteiger charge is 2.36. The maximum atomic E-state index is 13.5. The van der Waals surface area contributed by atoms with E-state index in [1.54, 1.807) is 0 Å². The molecule has 0 atom stereocenters. The Balaban J connectivity index is 1.71. The van der Waals surface area contributed by atoms with Gasteiger partial charge in [-0.1, -0.05) is 12.1 Å². The Morgan fingerprint density at radius 2 is 1.68 bits per heavy atom. The molecule has 2 aromatic carbocycles. The standard InChI is InChI=1S/C23H19F5N2O4/c1-29(21(32)33)18-11-15-10-16(23(26,27)28)12-17(19(15)34-18)13-2-4-14(5-3-13)20(31)30-8-6-22(24,25)7-9-30/h2-5,10-12H,6-9H2,1H3,(H,32,33). The van der Waals surface area contributed by atoms with Gasteiger partial charge in [0.1, 0.15) is 5.58 Å².